The summed E-state index contributed by atoms with van der Waals surface area (Å²) >= 11 is 0. The highest BCUT2D eigenvalue weighted by Gasteiger charge is 2.30. The molecular formula is C17H27Cl2N5O. The monoisotopic (exact) mass is 387 g/mol. The van der Waals surface area contributed by atoms with Crippen LogP contribution in [-0.2, 0) is 0 Å². The van der Waals surface area contributed by atoms with Gasteiger partial charge in [-0.25, -0.2) is 9.67 Å². The van der Waals surface area contributed by atoms with Crippen molar-refractivity contribution in [1.82, 2.24) is 25.0 Å². The number of nitrogens with zero attached hydrogens (tertiary/aromatic N) is 4. The molecule has 1 unspecified atom stereocenters. The maximum Gasteiger partial charge on any atom is 0.255 e. The summed E-state index contributed by atoms with van der Waals surface area (Å²) in [5.41, 5.74) is 2.38. The van der Waals surface area contributed by atoms with E-state index >= 15 is 0 Å². The van der Waals surface area contributed by atoms with E-state index in [-0.39, 0.29) is 42.8 Å². The molecule has 25 heavy (non-hydrogen) atoms. The molecule has 1 aliphatic heterocycles. The van der Waals surface area contributed by atoms with Gasteiger partial charge < -0.3 is 10.2 Å². The summed E-state index contributed by atoms with van der Waals surface area (Å²) in [7, 11) is 1.93. The minimum absolute atomic E-state index is 0. The van der Waals surface area contributed by atoms with Gasteiger partial charge in [0.15, 0.2) is 5.65 Å². The fourth-order valence-corrected chi connectivity index (χ4v) is 3.40. The van der Waals surface area contributed by atoms with Gasteiger partial charge in [-0.3, -0.25) is 4.79 Å². The number of aryl methyl sites for hydroxylation is 1. The van der Waals surface area contributed by atoms with Gasteiger partial charge in [0.25, 0.3) is 5.91 Å². The molecule has 1 fully saturated rings. The maximum absolute atomic E-state index is 13.1. The molecule has 1 N–H and O–H groups in total. The number of nitrogens with one attached hydrogen (secondary N) is 1. The van der Waals surface area contributed by atoms with Crippen molar-refractivity contribution in [1.29, 1.82) is 0 Å². The van der Waals surface area contributed by atoms with Gasteiger partial charge in [0.1, 0.15) is 0 Å². The van der Waals surface area contributed by atoms with Gasteiger partial charge in [-0.05, 0) is 46.7 Å². The second-order valence-electron chi connectivity index (χ2n) is 6.58. The lowest BCUT2D eigenvalue weighted by molar-refractivity contribution is 0.0739. The topological polar surface area (TPSA) is 63.1 Å². The molecule has 1 aliphatic rings. The average Bonchev–Trinajstić information content (AvgIpc) is 3.12. The van der Waals surface area contributed by atoms with E-state index in [0.717, 1.165) is 48.2 Å². The summed E-state index contributed by atoms with van der Waals surface area (Å²) < 4.78 is 1.88. The molecule has 1 amide bonds. The Labute approximate surface area is 161 Å². The summed E-state index contributed by atoms with van der Waals surface area (Å²) in [5, 5.41) is 8.47. The summed E-state index contributed by atoms with van der Waals surface area (Å²) in [6.07, 6.45) is 3.90. The van der Waals surface area contributed by atoms with Crippen LogP contribution in [-0.4, -0.2) is 51.8 Å². The van der Waals surface area contributed by atoms with Crippen LogP contribution >= 0.6 is 24.8 Å². The summed E-state index contributed by atoms with van der Waals surface area (Å²) in [6.45, 7) is 7.74. The third-order valence-electron chi connectivity index (χ3n) is 4.49. The second kappa shape index (κ2) is 8.83. The van der Waals surface area contributed by atoms with Crippen LogP contribution in [0.3, 0.4) is 0 Å². The molecule has 1 atom stereocenters. The fraction of sp³-hybridized carbons (Fsp3) is 0.588. The lowest BCUT2D eigenvalue weighted by Crippen LogP contribution is -2.40. The van der Waals surface area contributed by atoms with Crippen molar-refractivity contribution >= 4 is 41.8 Å². The molecule has 140 valence electrons. The standard InChI is InChI=1S/C17H25N5O.2ClH/c1-11(2)22-16-15(10-19-22)14(8-12(3)20-16)17(23)21-7-5-6-13(21)9-18-4;;/h8,10-11,13,18H,5-7,9H2,1-4H3;2*1H. The Balaban J connectivity index is 0.00000156. The minimum atomic E-state index is 0. The van der Waals surface area contributed by atoms with E-state index in [2.05, 4.69) is 29.2 Å². The van der Waals surface area contributed by atoms with E-state index in [9.17, 15) is 4.79 Å². The molecule has 0 aliphatic carbocycles. The molecule has 3 rings (SSSR count). The van der Waals surface area contributed by atoms with Crippen LogP contribution in [0.4, 0.5) is 0 Å². The Kier molecular flexibility index (Phi) is 7.65. The smallest absolute Gasteiger partial charge is 0.255 e. The van der Waals surface area contributed by atoms with Gasteiger partial charge in [-0.1, -0.05) is 0 Å². The van der Waals surface area contributed by atoms with E-state index in [0.29, 0.717) is 0 Å². The van der Waals surface area contributed by atoms with Crippen molar-refractivity contribution in [2.24, 2.45) is 0 Å². The molecule has 0 saturated carbocycles. The molecule has 0 radical (unpaired) electrons. The Bertz CT molecular complexity index is 731. The quantitative estimate of drug-likeness (QED) is 0.875. The van der Waals surface area contributed by atoms with Crippen molar-refractivity contribution in [2.45, 2.75) is 45.7 Å². The second-order valence-corrected chi connectivity index (χ2v) is 6.58. The lowest BCUT2D eigenvalue weighted by Gasteiger charge is -2.25. The number of aromatic nitrogens is 3. The lowest BCUT2D eigenvalue weighted by atomic mass is 10.1. The number of carbonyl (C=O) groups is 1. The average molecular weight is 388 g/mol. The molecule has 6 nitrogen and oxygen atoms in total. The van der Waals surface area contributed by atoms with Gasteiger partial charge in [0.05, 0.1) is 17.1 Å². The summed E-state index contributed by atoms with van der Waals surface area (Å²) in [5.74, 6) is 0.0987. The number of likely N-dealkylation sites (N-methyl/N-ethyl adjacent to an activating group) is 1. The first-order valence-electron chi connectivity index (χ1n) is 8.33. The van der Waals surface area contributed by atoms with Crippen LogP contribution in [0.2, 0.25) is 0 Å². The number of hydrogen-bond acceptors (Lipinski definition) is 4. The first-order chi connectivity index (χ1) is 11.0. The third-order valence-corrected chi connectivity index (χ3v) is 4.49. The minimum Gasteiger partial charge on any atom is -0.334 e. The highest BCUT2D eigenvalue weighted by atomic mass is 35.5. The molecule has 3 heterocycles. The number of fused-ring (bicyclic) bond motifs is 1. The number of carbonyl (C=O) groups excluding carboxylic acids is 1. The van der Waals surface area contributed by atoms with Crippen molar-refractivity contribution in [3.63, 3.8) is 0 Å². The van der Waals surface area contributed by atoms with Crippen molar-refractivity contribution in [3.05, 3.63) is 23.5 Å². The number of hydrogen-bond donors (Lipinski definition) is 1. The number of rotatable bonds is 4. The Morgan fingerprint density at radius 3 is 2.76 bits per heavy atom. The predicted molar refractivity (Wildman–Crippen MR) is 105 cm³/mol. The molecule has 0 bridgehead atoms. The van der Waals surface area contributed by atoms with E-state index in [1.807, 2.05) is 29.6 Å². The van der Waals surface area contributed by atoms with Crippen LogP contribution in [0.1, 0.15) is 48.8 Å². The SMILES string of the molecule is CNCC1CCCN1C(=O)c1cc(C)nc2c1cnn2C(C)C.Cl.Cl. The molecule has 8 heteroatoms. The van der Waals surface area contributed by atoms with E-state index in [4.69, 9.17) is 0 Å². The molecule has 0 aromatic carbocycles. The molecule has 1 saturated heterocycles. The Hall–Kier alpha value is -1.37. The summed E-state index contributed by atoms with van der Waals surface area (Å²) in [4.78, 5) is 19.7. The van der Waals surface area contributed by atoms with E-state index < -0.39 is 0 Å². The number of halogens is 2. The van der Waals surface area contributed by atoms with Crippen LogP contribution < -0.4 is 5.32 Å². The van der Waals surface area contributed by atoms with Crippen LogP contribution in [0.15, 0.2) is 12.3 Å². The van der Waals surface area contributed by atoms with Crippen molar-refractivity contribution in [2.75, 3.05) is 20.1 Å². The predicted octanol–water partition coefficient (Wildman–Crippen LogP) is 2.99. The van der Waals surface area contributed by atoms with Crippen LogP contribution in [0.25, 0.3) is 11.0 Å². The molecular weight excluding hydrogens is 361 g/mol. The first kappa shape index (κ1) is 21.7. The number of likely N-dealkylation sites (tertiary alicyclic amines) is 1. The fourth-order valence-electron chi connectivity index (χ4n) is 3.40. The van der Waals surface area contributed by atoms with Gasteiger partial charge in [-0.15, -0.1) is 24.8 Å². The zero-order valence-corrected chi connectivity index (χ0v) is 16.8. The highest BCUT2D eigenvalue weighted by molar-refractivity contribution is 6.05. The molecule has 2 aromatic heterocycles. The molecule has 2 aromatic rings. The largest absolute Gasteiger partial charge is 0.334 e. The van der Waals surface area contributed by atoms with Gasteiger partial charge >= 0.3 is 0 Å². The third kappa shape index (κ3) is 4.07. The maximum atomic E-state index is 13.1. The van der Waals surface area contributed by atoms with Crippen LogP contribution in [0.5, 0.6) is 0 Å². The number of amides is 1. The van der Waals surface area contributed by atoms with Crippen molar-refractivity contribution in [3.8, 4) is 0 Å². The van der Waals surface area contributed by atoms with Crippen LogP contribution in [0, 0.1) is 6.92 Å². The normalized spacial score (nSPS) is 16.8. The molecule has 0 spiro atoms. The first-order valence-corrected chi connectivity index (χ1v) is 8.33. The van der Waals surface area contributed by atoms with Crippen molar-refractivity contribution < 1.29 is 4.79 Å². The van der Waals surface area contributed by atoms with E-state index in [1.54, 1.807) is 6.20 Å². The van der Waals surface area contributed by atoms with E-state index in [1.165, 1.54) is 0 Å². The Morgan fingerprint density at radius 1 is 1.40 bits per heavy atom. The summed E-state index contributed by atoms with van der Waals surface area (Å²) in [6, 6.07) is 2.39. The zero-order chi connectivity index (χ0) is 16.6. The zero-order valence-electron chi connectivity index (χ0n) is 15.2. The number of pyridine rings is 1. The van der Waals surface area contributed by atoms with Gasteiger partial charge in [0, 0.05) is 30.9 Å². The highest BCUT2D eigenvalue weighted by Crippen LogP contribution is 2.25. The Morgan fingerprint density at radius 2 is 2.12 bits per heavy atom. The van der Waals surface area contributed by atoms with Gasteiger partial charge in [-0.2, -0.15) is 5.10 Å². The van der Waals surface area contributed by atoms with Gasteiger partial charge in [0.2, 0.25) is 0 Å².